The van der Waals surface area contributed by atoms with Crippen molar-refractivity contribution in [3.05, 3.63) is 50.7 Å². The molecule has 0 atom stereocenters. The Morgan fingerprint density at radius 2 is 2.24 bits per heavy atom. The molecule has 0 amide bonds. The van der Waals surface area contributed by atoms with Crippen LogP contribution in [-0.4, -0.2) is 9.97 Å². The highest BCUT2D eigenvalue weighted by Crippen LogP contribution is 2.21. The van der Waals surface area contributed by atoms with Crippen LogP contribution in [0, 0.1) is 12.7 Å². The van der Waals surface area contributed by atoms with Crippen molar-refractivity contribution in [1.29, 1.82) is 0 Å². The highest BCUT2D eigenvalue weighted by molar-refractivity contribution is 9.10. The second-order valence-corrected chi connectivity index (χ2v) is 4.28. The molecule has 0 radical (unpaired) electrons. The molecule has 6 heteroatoms. The smallest absolute Gasteiger partial charge is 0.267 e. The number of aryl methyl sites for hydroxylation is 1. The molecule has 2 N–H and O–H groups in total. The summed E-state index contributed by atoms with van der Waals surface area (Å²) >= 11 is 3.11. The van der Waals surface area contributed by atoms with Gasteiger partial charge in [0.15, 0.2) is 5.82 Å². The summed E-state index contributed by atoms with van der Waals surface area (Å²) in [6.07, 6.45) is 1.28. The van der Waals surface area contributed by atoms with Crippen LogP contribution in [0.5, 0.6) is 0 Å². The molecule has 2 rings (SSSR count). The van der Waals surface area contributed by atoms with E-state index in [0.29, 0.717) is 17.1 Å². The number of aromatic nitrogens is 2. The lowest BCUT2D eigenvalue weighted by atomic mass is 10.2. The molecule has 0 saturated heterocycles. The monoisotopic (exact) mass is 297 g/mol. The average molecular weight is 298 g/mol. The Bertz CT molecular complexity index is 612. The number of halogens is 2. The third kappa shape index (κ3) is 2.52. The van der Waals surface area contributed by atoms with Crippen LogP contribution in [0.2, 0.25) is 0 Å². The van der Waals surface area contributed by atoms with Gasteiger partial charge >= 0.3 is 0 Å². The van der Waals surface area contributed by atoms with Crippen molar-refractivity contribution < 1.29 is 4.39 Å². The zero-order chi connectivity index (χ0) is 12.4. The van der Waals surface area contributed by atoms with E-state index in [1.807, 2.05) is 0 Å². The lowest BCUT2D eigenvalue weighted by molar-refractivity contribution is 0.619. The van der Waals surface area contributed by atoms with Gasteiger partial charge in [0.1, 0.15) is 10.3 Å². The van der Waals surface area contributed by atoms with Gasteiger partial charge in [0, 0.05) is 5.69 Å². The van der Waals surface area contributed by atoms with E-state index in [-0.39, 0.29) is 15.8 Å². The van der Waals surface area contributed by atoms with Crippen molar-refractivity contribution in [3.63, 3.8) is 0 Å². The third-order valence-electron chi connectivity index (χ3n) is 2.23. The van der Waals surface area contributed by atoms with Gasteiger partial charge in [-0.05, 0) is 40.5 Å². The second-order valence-electron chi connectivity index (χ2n) is 3.48. The Labute approximate surface area is 105 Å². The van der Waals surface area contributed by atoms with E-state index in [4.69, 9.17) is 0 Å². The summed E-state index contributed by atoms with van der Waals surface area (Å²) in [4.78, 5) is 17.7. The molecule has 0 spiro atoms. The number of nitrogens with one attached hydrogen (secondary N) is 2. The van der Waals surface area contributed by atoms with Crippen molar-refractivity contribution >= 4 is 27.4 Å². The summed E-state index contributed by atoms with van der Waals surface area (Å²) in [7, 11) is 0. The fourth-order valence-corrected chi connectivity index (χ4v) is 1.59. The number of hydrogen-bond donors (Lipinski definition) is 2. The highest BCUT2D eigenvalue weighted by Gasteiger charge is 2.06. The van der Waals surface area contributed by atoms with Crippen LogP contribution in [0.4, 0.5) is 15.9 Å². The summed E-state index contributed by atoms with van der Waals surface area (Å²) in [6.45, 7) is 1.68. The topological polar surface area (TPSA) is 57.8 Å². The molecule has 4 nitrogen and oxygen atoms in total. The minimum Gasteiger partial charge on any atom is -0.339 e. The minimum absolute atomic E-state index is 0.279. The lowest BCUT2D eigenvalue weighted by Crippen LogP contribution is -2.10. The van der Waals surface area contributed by atoms with Crippen LogP contribution in [0.15, 0.2) is 33.8 Å². The van der Waals surface area contributed by atoms with E-state index in [1.54, 1.807) is 19.1 Å². The second kappa shape index (κ2) is 4.67. The van der Waals surface area contributed by atoms with Crippen molar-refractivity contribution in [2.24, 2.45) is 0 Å². The molecule has 17 heavy (non-hydrogen) atoms. The molecule has 0 bridgehead atoms. The van der Waals surface area contributed by atoms with Crippen LogP contribution in [0.25, 0.3) is 0 Å². The Morgan fingerprint density at radius 3 is 2.94 bits per heavy atom. The quantitative estimate of drug-likeness (QED) is 0.896. The van der Waals surface area contributed by atoms with E-state index < -0.39 is 0 Å². The standard InChI is InChI=1S/C11H9BrFN3O/c1-6-2-3-7(4-8(6)13)16-10-9(12)11(17)15-5-14-10/h2-5H,1H3,(H2,14,15,16,17). The van der Waals surface area contributed by atoms with Crippen LogP contribution < -0.4 is 10.9 Å². The first kappa shape index (κ1) is 11.8. The Morgan fingerprint density at radius 1 is 1.47 bits per heavy atom. The maximum Gasteiger partial charge on any atom is 0.267 e. The maximum absolute atomic E-state index is 13.3. The van der Waals surface area contributed by atoms with Crippen LogP contribution in [-0.2, 0) is 0 Å². The molecule has 1 aromatic heterocycles. The average Bonchev–Trinajstić information content (AvgIpc) is 2.30. The van der Waals surface area contributed by atoms with Gasteiger partial charge in [-0.3, -0.25) is 4.79 Å². The van der Waals surface area contributed by atoms with Gasteiger partial charge in [-0.2, -0.15) is 0 Å². The molecule has 0 aliphatic heterocycles. The fraction of sp³-hybridized carbons (Fsp3) is 0.0909. The van der Waals surface area contributed by atoms with Gasteiger partial charge in [-0.1, -0.05) is 6.07 Å². The summed E-state index contributed by atoms with van der Waals surface area (Å²) in [5.74, 6) is 0.0352. The van der Waals surface area contributed by atoms with Crippen molar-refractivity contribution in [1.82, 2.24) is 9.97 Å². The van der Waals surface area contributed by atoms with Crippen molar-refractivity contribution in [2.45, 2.75) is 6.92 Å². The molecular weight excluding hydrogens is 289 g/mol. The van der Waals surface area contributed by atoms with Gasteiger partial charge in [0.25, 0.3) is 5.56 Å². The number of hydrogen-bond acceptors (Lipinski definition) is 3. The summed E-state index contributed by atoms with van der Waals surface area (Å²) in [5.41, 5.74) is 0.801. The molecule has 0 unspecified atom stereocenters. The number of nitrogens with zero attached hydrogens (tertiary/aromatic N) is 1. The summed E-state index contributed by atoms with van der Waals surface area (Å²) < 4.78 is 13.6. The molecule has 0 saturated carbocycles. The van der Waals surface area contributed by atoms with Crippen molar-refractivity contribution in [3.8, 4) is 0 Å². The number of aromatic amines is 1. The fourth-order valence-electron chi connectivity index (χ4n) is 1.28. The van der Waals surface area contributed by atoms with Gasteiger partial charge in [0.05, 0.1) is 6.33 Å². The number of anilines is 2. The predicted molar refractivity (Wildman–Crippen MR) is 67.0 cm³/mol. The minimum atomic E-state index is -0.309. The first-order chi connectivity index (χ1) is 8.08. The van der Waals surface area contributed by atoms with Crippen LogP contribution >= 0.6 is 15.9 Å². The molecular formula is C11H9BrFN3O. The molecule has 0 aliphatic rings. The zero-order valence-electron chi connectivity index (χ0n) is 8.92. The number of rotatable bonds is 2. The van der Waals surface area contributed by atoms with Gasteiger partial charge in [-0.25, -0.2) is 9.37 Å². The number of H-pyrrole nitrogens is 1. The Kier molecular flexibility index (Phi) is 3.23. The first-order valence-corrected chi connectivity index (χ1v) is 5.63. The molecule has 0 aliphatic carbocycles. The summed E-state index contributed by atoms with van der Waals surface area (Å²) in [6, 6.07) is 4.72. The molecule has 0 fully saturated rings. The maximum atomic E-state index is 13.3. The largest absolute Gasteiger partial charge is 0.339 e. The normalized spacial score (nSPS) is 10.3. The molecule has 1 heterocycles. The van der Waals surface area contributed by atoms with E-state index in [1.165, 1.54) is 12.4 Å². The zero-order valence-corrected chi connectivity index (χ0v) is 10.5. The molecule has 1 aromatic carbocycles. The number of benzene rings is 1. The van der Waals surface area contributed by atoms with Gasteiger partial charge in [0.2, 0.25) is 0 Å². The van der Waals surface area contributed by atoms with Crippen LogP contribution in [0.1, 0.15) is 5.56 Å². The lowest BCUT2D eigenvalue weighted by Gasteiger charge is -2.07. The van der Waals surface area contributed by atoms with Gasteiger partial charge < -0.3 is 10.3 Å². The highest BCUT2D eigenvalue weighted by atomic mass is 79.9. The summed E-state index contributed by atoms with van der Waals surface area (Å²) in [5, 5.41) is 2.86. The SMILES string of the molecule is Cc1ccc(Nc2nc[nH]c(=O)c2Br)cc1F. The molecule has 2 aromatic rings. The Hall–Kier alpha value is -1.69. The predicted octanol–water partition coefficient (Wildman–Crippen LogP) is 2.72. The Balaban J connectivity index is 2.35. The third-order valence-corrected chi connectivity index (χ3v) is 2.97. The van der Waals surface area contributed by atoms with E-state index in [9.17, 15) is 9.18 Å². The van der Waals surface area contributed by atoms with E-state index in [2.05, 4.69) is 31.2 Å². The van der Waals surface area contributed by atoms with E-state index >= 15 is 0 Å². The molecule has 88 valence electrons. The van der Waals surface area contributed by atoms with Gasteiger partial charge in [-0.15, -0.1) is 0 Å². The van der Waals surface area contributed by atoms with Crippen LogP contribution in [0.3, 0.4) is 0 Å². The van der Waals surface area contributed by atoms with Crippen molar-refractivity contribution in [2.75, 3.05) is 5.32 Å². The van der Waals surface area contributed by atoms with E-state index in [0.717, 1.165) is 0 Å². The first-order valence-electron chi connectivity index (χ1n) is 4.84.